The van der Waals surface area contributed by atoms with Crippen LogP contribution < -0.4 is 0 Å². The molecule has 0 N–H and O–H groups in total. The third kappa shape index (κ3) is 4.57. The molecule has 1 aromatic heterocycles. The zero-order chi connectivity index (χ0) is 17.5. The van der Waals surface area contributed by atoms with Crippen LogP contribution in [0.25, 0.3) is 6.08 Å². The summed E-state index contributed by atoms with van der Waals surface area (Å²) in [4.78, 5) is 17.1. The fourth-order valence-corrected chi connectivity index (χ4v) is 3.20. The summed E-state index contributed by atoms with van der Waals surface area (Å²) in [5, 5.41) is 4.24. The summed E-state index contributed by atoms with van der Waals surface area (Å²) in [6.45, 7) is 6.37. The summed E-state index contributed by atoms with van der Waals surface area (Å²) in [7, 11) is 0. The molecule has 0 bridgehead atoms. The highest BCUT2D eigenvalue weighted by molar-refractivity contribution is 5.80. The molecule has 1 atom stereocenters. The van der Waals surface area contributed by atoms with E-state index >= 15 is 0 Å². The van der Waals surface area contributed by atoms with Gasteiger partial charge in [-0.15, -0.1) is 0 Å². The second-order valence-electron chi connectivity index (χ2n) is 6.35. The molecule has 5 nitrogen and oxygen atoms in total. The zero-order valence-corrected chi connectivity index (χ0v) is 14.8. The van der Waals surface area contributed by atoms with Gasteiger partial charge in [-0.05, 0) is 18.1 Å². The normalized spacial score (nSPS) is 17.1. The van der Waals surface area contributed by atoms with Gasteiger partial charge in [0.2, 0.25) is 5.91 Å². The number of benzene rings is 1. The maximum atomic E-state index is 12.8. The third-order valence-electron chi connectivity index (χ3n) is 4.67. The smallest absolute Gasteiger partial charge is 0.247 e. The average Bonchev–Trinajstić information content (AvgIpc) is 3.18. The van der Waals surface area contributed by atoms with E-state index in [1.54, 1.807) is 10.9 Å². The van der Waals surface area contributed by atoms with Crippen LogP contribution in [0.3, 0.4) is 0 Å². The Morgan fingerprint density at radius 2 is 1.92 bits per heavy atom. The van der Waals surface area contributed by atoms with Gasteiger partial charge in [-0.1, -0.05) is 49.4 Å². The molecule has 0 aliphatic carbocycles. The highest BCUT2D eigenvalue weighted by Gasteiger charge is 2.27. The molecule has 132 valence electrons. The van der Waals surface area contributed by atoms with Crippen LogP contribution in [-0.2, 0) is 4.79 Å². The van der Waals surface area contributed by atoms with E-state index in [2.05, 4.69) is 34.3 Å². The molecule has 2 heterocycles. The summed E-state index contributed by atoms with van der Waals surface area (Å²) in [6.07, 6.45) is 8.72. The van der Waals surface area contributed by atoms with Crippen LogP contribution >= 0.6 is 0 Å². The van der Waals surface area contributed by atoms with Crippen molar-refractivity contribution >= 4 is 12.0 Å². The van der Waals surface area contributed by atoms with Crippen molar-refractivity contribution in [2.75, 3.05) is 32.7 Å². The fraction of sp³-hybridized carbons (Fsp3) is 0.400. The van der Waals surface area contributed by atoms with Gasteiger partial charge in [0, 0.05) is 45.1 Å². The topological polar surface area (TPSA) is 41.4 Å². The van der Waals surface area contributed by atoms with Gasteiger partial charge in [-0.3, -0.25) is 14.4 Å². The van der Waals surface area contributed by atoms with Gasteiger partial charge in [-0.25, -0.2) is 0 Å². The summed E-state index contributed by atoms with van der Waals surface area (Å²) in [5.41, 5.74) is 1.22. The second kappa shape index (κ2) is 8.62. The van der Waals surface area contributed by atoms with Gasteiger partial charge in [0.05, 0.1) is 0 Å². The van der Waals surface area contributed by atoms with E-state index in [4.69, 9.17) is 0 Å². The quantitative estimate of drug-likeness (QED) is 0.813. The van der Waals surface area contributed by atoms with Gasteiger partial charge in [0.15, 0.2) is 0 Å². The van der Waals surface area contributed by atoms with Crippen molar-refractivity contribution in [3.63, 3.8) is 0 Å². The van der Waals surface area contributed by atoms with Crippen molar-refractivity contribution in [2.45, 2.75) is 19.4 Å². The van der Waals surface area contributed by atoms with E-state index in [1.165, 1.54) is 5.56 Å². The molecule has 1 aliphatic heterocycles. The van der Waals surface area contributed by atoms with Crippen molar-refractivity contribution < 1.29 is 4.79 Å². The number of hydrogen-bond acceptors (Lipinski definition) is 3. The molecular weight excluding hydrogens is 312 g/mol. The van der Waals surface area contributed by atoms with Crippen LogP contribution in [-0.4, -0.2) is 58.2 Å². The van der Waals surface area contributed by atoms with Gasteiger partial charge in [0.25, 0.3) is 0 Å². The minimum atomic E-state index is -0.181. The van der Waals surface area contributed by atoms with E-state index in [0.717, 1.165) is 39.1 Å². The molecule has 1 amide bonds. The Morgan fingerprint density at radius 1 is 1.16 bits per heavy atom. The lowest BCUT2D eigenvalue weighted by Crippen LogP contribution is -2.50. The van der Waals surface area contributed by atoms with Crippen LogP contribution in [0.15, 0.2) is 54.9 Å². The SMILES string of the molecule is CCC(C(=O)N1CCN(CC=Cc2ccccc2)CC1)n1cccn1. The number of hydrogen-bond donors (Lipinski definition) is 0. The van der Waals surface area contributed by atoms with Crippen molar-refractivity contribution in [3.8, 4) is 0 Å². The molecule has 1 aliphatic rings. The number of rotatable bonds is 6. The Balaban J connectivity index is 1.48. The van der Waals surface area contributed by atoms with E-state index < -0.39 is 0 Å². The predicted octanol–water partition coefficient (Wildman–Crippen LogP) is 2.69. The minimum Gasteiger partial charge on any atom is -0.338 e. The van der Waals surface area contributed by atoms with Crippen LogP contribution in [0.4, 0.5) is 0 Å². The predicted molar refractivity (Wildman–Crippen MR) is 100 cm³/mol. The van der Waals surface area contributed by atoms with Gasteiger partial charge >= 0.3 is 0 Å². The number of amides is 1. The maximum absolute atomic E-state index is 12.8. The largest absolute Gasteiger partial charge is 0.338 e. The molecule has 5 heteroatoms. The highest BCUT2D eigenvalue weighted by atomic mass is 16.2. The van der Waals surface area contributed by atoms with Crippen LogP contribution in [0, 0.1) is 0 Å². The van der Waals surface area contributed by atoms with Crippen molar-refractivity contribution in [1.82, 2.24) is 19.6 Å². The van der Waals surface area contributed by atoms with Crippen molar-refractivity contribution in [1.29, 1.82) is 0 Å². The molecule has 1 fully saturated rings. The first kappa shape index (κ1) is 17.4. The molecule has 3 rings (SSSR count). The van der Waals surface area contributed by atoms with Crippen LogP contribution in [0.1, 0.15) is 24.9 Å². The lowest BCUT2D eigenvalue weighted by molar-refractivity contribution is -0.136. The van der Waals surface area contributed by atoms with Crippen molar-refractivity contribution in [2.24, 2.45) is 0 Å². The number of carbonyl (C=O) groups excluding carboxylic acids is 1. The van der Waals surface area contributed by atoms with Gasteiger partial charge in [0.1, 0.15) is 6.04 Å². The summed E-state index contributed by atoms with van der Waals surface area (Å²) >= 11 is 0. The highest BCUT2D eigenvalue weighted by Crippen LogP contribution is 2.15. The first-order valence-electron chi connectivity index (χ1n) is 9.00. The van der Waals surface area contributed by atoms with Gasteiger partial charge < -0.3 is 4.90 Å². The molecule has 1 unspecified atom stereocenters. The molecule has 0 spiro atoms. The summed E-state index contributed by atoms with van der Waals surface area (Å²) < 4.78 is 1.78. The molecule has 25 heavy (non-hydrogen) atoms. The summed E-state index contributed by atoms with van der Waals surface area (Å²) in [5.74, 6) is 0.186. The van der Waals surface area contributed by atoms with Crippen LogP contribution in [0.2, 0.25) is 0 Å². The minimum absolute atomic E-state index is 0.181. The average molecular weight is 338 g/mol. The number of aromatic nitrogens is 2. The number of piperazine rings is 1. The van der Waals surface area contributed by atoms with Crippen molar-refractivity contribution in [3.05, 3.63) is 60.4 Å². The lowest BCUT2D eigenvalue weighted by Gasteiger charge is -2.35. The maximum Gasteiger partial charge on any atom is 0.247 e. The Hall–Kier alpha value is -2.40. The fourth-order valence-electron chi connectivity index (χ4n) is 3.20. The standard InChI is InChI=1S/C20H26N4O/c1-2-19(24-13-7-11-21-24)20(25)23-16-14-22(15-17-23)12-6-10-18-8-4-3-5-9-18/h3-11,13,19H,2,12,14-17H2,1H3. The zero-order valence-electron chi connectivity index (χ0n) is 14.8. The van der Waals surface area contributed by atoms with Gasteiger partial charge in [-0.2, -0.15) is 5.10 Å². The second-order valence-corrected chi connectivity index (χ2v) is 6.35. The number of carbonyl (C=O) groups is 1. The van der Waals surface area contributed by atoms with Crippen LogP contribution in [0.5, 0.6) is 0 Å². The molecule has 0 radical (unpaired) electrons. The first-order chi connectivity index (χ1) is 12.3. The van der Waals surface area contributed by atoms with E-state index in [9.17, 15) is 4.79 Å². The van der Waals surface area contributed by atoms with E-state index in [0.29, 0.717) is 0 Å². The molecule has 0 saturated carbocycles. The molecular formula is C20H26N4O. The van der Waals surface area contributed by atoms with E-state index in [-0.39, 0.29) is 11.9 Å². The molecule has 1 saturated heterocycles. The monoisotopic (exact) mass is 338 g/mol. The summed E-state index contributed by atoms with van der Waals surface area (Å²) in [6, 6.07) is 12.0. The third-order valence-corrected chi connectivity index (χ3v) is 4.67. The Kier molecular flexibility index (Phi) is 6.01. The molecule has 1 aromatic carbocycles. The Bertz CT molecular complexity index is 673. The Labute approximate surface area is 149 Å². The Morgan fingerprint density at radius 3 is 2.56 bits per heavy atom. The van der Waals surface area contributed by atoms with E-state index in [1.807, 2.05) is 42.3 Å². The first-order valence-corrected chi connectivity index (χ1v) is 9.00. The molecule has 2 aromatic rings. The number of nitrogens with zero attached hydrogens (tertiary/aromatic N) is 4. The lowest BCUT2D eigenvalue weighted by atomic mass is 10.1.